The fraction of sp³-hybridized carbons (Fsp3) is 0.167. The second kappa shape index (κ2) is 5.56. The van der Waals surface area contributed by atoms with Gasteiger partial charge in [0.1, 0.15) is 10.0 Å². The van der Waals surface area contributed by atoms with Crippen molar-refractivity contribution in [3.05, 3.63) is 43.2 Å². The number of hydrogen-bond donors (Lipinski definition) is 0. The van der Waals surface area contributed by atoms with E-state index in [1.54, 1.807) is 12.3 Å². The number of pyridine rings is 1. The van der Waals surface area contributed by atoms with Crippen molar-refractivity contribution in [2.24, 2.45) is 0 Å². The molecule has 8 heteroatoms. The minimum absolute atomic E-state index is 0.0710. The van der Waals surface area contributed by atoms with E-state index in [0.29, 0.717) is 11.1 Å². The first-order valence-corrected chi connectivity index (χ1v) is 6.69. The Morgan fingerprint density at radius 1 is 1.50 bits per heavy atom. The van der Waals surface area contributed by atoms with Crippen molar-refractivity contribution in [1.82, 2.24) is 4.98 Å². The molecule has 0 aliphatic carbocycles. The standard InChI is InChI=1S/C12H9ClN2O4S/c1-6-5-20-11(12(16)19-2)9(6)10-7(15(17)18)3-4-8(13)14-10/h3-5H,1-2H3. The molecule has 2 rings (SSSR count). The third-order valence-corrected chi connectivity index (χ3v) is 3.91. The summed E-state index contributed by atoms with van der Waals surface area (Å²) in [7, 11) is 1.25. The van der Waals surface area contributed by atoms with E-state index in [0.717, 1.165) is 11.3 Å². The molecule has 2 aromatic rings. The lowest BCUT2D eigenvalue weighted by atomic mass is 10.1. The number of ether oxygens (including phenoxy) is 1. The molecule has 104 valence electrons. The van der Waals surface area contributed by atoms with Gasteiger partial charge in [-0.3, -0.25) is 10.1 Å². The molecule has 0 aromatic carbocycles. The van der Waals surface area contributed by atoms with Crippen LogP contribution in [-0.2, 0) is 4.74 Å². The molecule has 0 bridgehead atoms. The zero-order chi connectivity index (χ0) is 14.9. The van der Waals surface area contributed by atoms with Crippen LogP contribution in [0.2, 0.25) is 5.15 Å². The predicted molar refractivity (Wildman–Crippen MR) is 75.3 cm³/mol. The fourth-order valence-corrected chi connectivity index (χ4v) is 2.86. The van der Waals surface area contributed by atoms with Gasteiger partial charge in [-0.05, 0) is 23.9 Å². The van der Waals surface area contributed by atoms with E-state index in [-0.39, 0.29) is 21.4 Å². The first-order valence-electron chi connectivity index (χ1n) is 5.43. The molecule has 0 amide bonds. The van der Waals surface area contributed by atoms with Crippen molar-refractivity contribution in [3.8, 4) is 11.3 Å². The molecule has 0 spiro atoms. The molecule has 0 saturated heterocycles. The summed E-state index contributed by atoms with van der Waals surface area (Å²) in [6.45, 7) is 1.74. The molecular weight excluding hydrogens is 304 g/mol. The highest BCUT2D eigenvalue weighted by Crippen LogP contribution is 2.37. The molecule has 20 heavy (non-hydrogen) atoms. The topological polar surface area (TPSA) is 82.3 Å². The highest BCUT2D eigenvalue weighted by atomic mass is 35.5. The monoisotopic (exact) mass is 312 g/mol. The van der Waals surface area contributed by atoms with Crippen LogP contribution in [0.15, 0.2) is 17.5 Å². The Kier molecular flexibility index (Phi) is 4.01. The van der Waals surface area contributed by atoms with Gasteiger partial charge in [0.15, 0.2) is 5.69 Å². The lowest BCUT2D eigenvalue weighted by Gasteiger charge is -2.05. The lowest BCUT2D eigenvalue weighted by Crippen LogP contribution is -2.03. The SMILES string of the molecule is COC(=O)c1scc(C)c1-c1nc(Cl)ccc1[N+](=O)[O-]. The lowest BCUT2D eigenvalue weighted by molar-refractivity contribution is -0.384. The molecule has 2 heterocycles. The van der Waals surface area contributed by atoms with Crippen LogP contribution < -0.4 is 0 Å². The molecule has 0 radical (unpaired) electrons. The molecule has 0 saturated carbocycles. The van der Waals surface area contributed by atoms with Crippen LogP contribution in [0.1, 0.15) is 15.2 Å². The third kappa shape index (κ3) is 2.50. The third-order valence-electron chi connectivity index (χ3n) is 2.62. The summed E-state index contributed by atoms with van der Waals surface area (Å²) in [6, 6.07) is 2.60. The van der Waals surface area contributed by atoms with E-state index in [2.05, 4.69) is 9.72 Å². The zero-order valence-electron chi connectivity index (χ0n) is 10.5. The molecule has 0 aliphatic heterocycles. The van der Waals surface area contributed by atoms with E-state index in [1.165, 1.54) is 19.2 Å². The Balaban J connectivity index is 2.74. The van der Waals surface area contributed by atoms with Gasteiger partial charge in [0.25, 0.3) is 5.69 Å². The Bertz CT molecular complexity index is 699. The van der Waals surface area contributed by atoms with Crippen LogP contribution in [-0.4, -0.2) is 23.0 Å². The minimum Gasteiger partial charge on any atom is -0.465 e. The van der Waals surface area contributed by atoms with Gasteiger partial charge >= 0.3 is 5.97 Å². The maximum absolute atomic E-state index is 11.7. The Hall–Kier alpha value is -1.99. The number of carbonyl (C=O) groups excluding carboxylic acids is 1. The van der Waals surface area contributed by atoms with Gasteiger partial charge < -0.3 is 4.74 Å². The number of nitro groups is 1. The van der Waals surface area contributed by atoms with E-state index < -0.39 is 10.9 Å². The van der Waals surface area contributed by atoms with Crippen LogP contribution in [0.5, 0.6) is 0 Å². The molecule has 6 nitrogen and oxygen atoms in total. The van der Waals surface area contributed by atoms with Gasteiger partial charge in [0, 0.05) is 11.6 Å². The molecule has 0 unspecified atom stereocenters. The molecule has 0 atom stereocenters. The highest BCUT2D eigenvalue weighted by molar-refractivity contribution is 7.12. The quantitative estimate of drug-likeness (QED) is 0.375. The summed E-state index contributed by atoms with van der Waals surface area (Å²) in [5, 5.41) is 12.9. The maximum Gasteiger partial charge on any atom is 0.348 e. The number of aryl methyl sites for hydroxylation is 1. The van der Waals surface area contributed by atoms with Gasteiger partial charge in [-0.15, -0.1) is 11.3 Å². The van der Waals surface area contributed by atoms with Gasteiger partial charge in [-0.2, -0.15) is 0 Å². The normalized spacial score (nSPS) is 10.3. The number of methoxy groups -OCH3 is 1. The van der Waals surface area contributed by atoms with E-state index in [4.69, 9.17) is 11.6 Å². The summed E-state index contributed by atoms with van der Waals surface area (Å²) < 4.78 is 4.68. The number of aromatic nitrogens is 1. The van der Waals surface area contributed by atoms with Crippen LogP contribution >= 0.6 is 22.9 Å². The van der Waals surface area contributed by atoms with Crippen molar-refractivity contribution in [1.29, 1.82) is 0 Å². The van der Waals surface area contributed by atoms with Crippen LogP contribution in [0.3, 0.4) is 0 Å². The zero-order valence-corrected chi connectivity index (χ0v) is 12.1. The number of thiophene rings is 1. The summed E-state index contributed by atoms with van der Waals surface area (Å²) in [4.78, 5) is 26.6. The van der Waals surface area contributed by atoms with Crippen molar-refractivity contribution in [2.75, 3.05) is 7.11 Å². The van der Waals surface area contributed by atoms with Crippen molar-refractivity contribution >= 4 is 34.6 Å². The van der Waals surface area contributed by atoms with Gasteiger partial charge in [-0.1, -0.05) is 11.6 Å². The minimum atomic E-state index is -0.561. The summed E-state index contributed by atoms with van der Waals surface area (Å²) in [5.41, 5.74) is 0.951. The Morgan fingerprint density at radius 2 is 2.20 bits per heavy atom. The Morgan fingerprint density at radius 3 is 2.80 bits per heavy atom. The summed E-state index contributed by atoms with van der Waals surface area (Å²) >= 11 is 6.96. The van der Waals surface area contributed by atoms with Crippen molar-refractivity contribution < 1.29 is 14.5 Å². The van der Waals surface area contributed by atoms with Crippen LogP contribution in [0, 0.1) is 17.0 Å². The number of nitrogens with zero attached hydrogens (tertiary/aromatic N) is 2. The van der Waals surface area contributed by atoms with Crippen LogP contribution in [0.25, 0.3) is 11.3 Å². The number of carbonyl (C=O) groups is 1. The van der Waals surface area contributed by atoms with Crippen molar-refractivity contribution in [3.63, 3.8) is 0 Å². The van der Waals surface area contributed by atoms with E-state index >= 15 is 0 Å². The van der Waals surface area contributed by atoms with Gasteiger partial charge in [0.05, 0.1) is 12.0 Å². The summed E-state index contributed by atoms with van der Waals surface area (Å²) in [6.07, 6.45) is 0. The smallest absolute Gasteiger partial charge is 0.348 e. The largest absolute Gasteiger partial charge is 0.465 e. The second-order valence-electron chi connectivity index (χ2n) is 3.87. The maximum atomic E-state index is 11.7. The van der Waals surface area contributed by atoms with E-state index in [9.17, 15) is 14.9 Å². The average Bonchev–Trinajstić information content (AvgIpc) is 2.79. The van der Waals surface area contributed by atoms with Crippen LogP contribution in [0.4, 0.5) is 5.69 Å². The predicted octanol–water partition coefficient (Wildman–Crippen LogP) is 3.47. The molecule has 2 aromatic heterocycles. The van der Waals surface area contributed by atoms with Crippen molar-refractivity contribution in [2.45, 2.75) is 6.92 Å². The fourth-order valence-electron chi connectivity index (χ4n) is 1.74. The summed E-state index contributed by atoms with van der Waals surface area (Å²) in [5.74, 6) is -0.561. The first-order chi connectivity index (χ1) is 9.45. The number of esters is 1. The molecule has 0 aliphatic rings. The number of hydrogen-bond acceptors (Lipinski definition) is 6. The molecule has 0 N–H and O–H groups in total. The number of halogens is 1. The van der Waals surface area contributed by atoms with Gasteiger partial charge in [0.2, 0.25) is 0 Å². The second-order valence-corrected chi connectivity index (χ2v) is 5.14. The highest BCUT2D eigenvalue weighted by Gasteiger charge is 2.26. The van der Waals surface area contributed by atoms with E-state index in [1.807, 2.05) is 0 Å². The molecular formula is C12H9ClN2O4S. The average molecular weight is 313 g/mol. The Labute approximate surface area is 123 Å². The molecule has 0 fully saturated rings. The first kappa shape index (κ1) is 14.4. The van der Waals surface area contributed by atoms with Gasteiger partial charge in [-0.25, -0.2) is 9.78 Å². The number of rotatable bonds is 3.